The molecule has 7 heteroatoms. The number of anilines is 1. The Hall–Kier alpha value is -3.22. The molecule has 164 valence electrons. The number of hydrogen-bond donors (Lipinski definition) is 2. The summed E-state index contributed by atoms with van der Waals surface area (Å²) >= 11 is 0. The van der Waals surface area contributed by atoms with Gasteiger partial charge in [0.05, 0.1) is 12.8 Å². The van der Waals surface area contributed by atoms with E-state index < -0.39 is 0 Å². The van der Waals surface area contributed by atoms with Crippen molar-refractivity contribution in [1.29, 1.82) is 0 Å². The summed E-state index contributed by atoms with van der Waals surface area (Å²) < 4.78 is 7.47. The van der Waals surface area contributed by atoms with Gasteiger partial charge in [0.1, 0.15) is 11.4 Å². The maximum Gasteiger partial charge on any atom is 0.191 e. The van der Waals surface area contributed by atoms with Crippen LogP contribution in [0.3, 0.4) is 0 Å². The summed E-state index contributed by atoms with van der Waals surface area (Å²) in [4.78, 5) is 11.6. The van der Waals surface area contributed by atoms with E-state index in [9.17, 15) is 0 Å². The molecule has 3 aromatic rings. The van der Waals surface area contributed by atoms with Gasteiger partial charge < -0.3 is 24.7 Å². The zero-order valence-corrected chi connectivity index (χ0v) is 18.6. The Kier molecular flexibility index (Phi) is 6.60. The molecule has 0 spiro atoms. The van der Waals surface area contributed by atoms with Gasteiger partial charge in [-0.15, -0.1) is 0 Å². The van der Waals surface area contributed by atoms with Crippen LogP contribution >= 0.6 is 0 Å². The first-order valence-corrected chi connectivity index (χ1v) is 11.0. The number of benzene rings is 1. The fraction of sp³-hybridized carbons (Fsp3) is 0.417. The van der Waals surface area contributed by atoms with Crippen molar-refractivity contribution in [3.8, 4) is 5.75 Å². The third-order valence-electron chi connectivity index (χ3n) is 5.81. The first-order chi connectivity index (χ1) is 15.2. The number of rotatable bonds is 6. The van der Waals surface area contributed by atoms with Crippen LogP contribution in [-0.4, -0.2) is 55.2 Å². The molecule has 1 aliphatic heterocycles. The zero-order chi connectivity index (χ0) is 21.6. The van der Waals surface area contributed by atoms with Crippen molar-refractivity contribution >= 4 is 17.3 Å². The average Bonchev–Trinajstić information content (AvgIpc) is 3.23. The lowest BCUT2D eigenvalue weighted by Gasteiger charge is -2.35. The topological polar surface area (TPSA) is 66.2 Å². The van der Waals surface area contributed by atoms with Gasteiger partial charge in [-0.2, -0.15) is 0 Å². The molecular weight excluding hydrogens is 388 g/mol. The van der Waals surface area contributed by atoms with E-state index in [1.807, 2.05) is 25.4 Å². The number of nitrogens with one attached hydrogen (secondary N) is 2. The molecule has 1 fully saturated rings. The molecule has 0 radical (unpaired) electrons. The molecule has 0 bridgehead atoms. The number of aromatic nitrogens is 2. The standard InChI is InChI=1S/C24H32N6O/c1-18-7-5-14-30-17-20(27-23(18)30)11-12-26-24(25-2)28-19-8-6-13-29(16-19)21-9-4-10-22(15-21)31-3/h4-5,7,9-10,14-15,17,19H,6,8,11-13,16H2,1-3H3,(H2,25,26,28). The van der Waals surface area contributed by atoms with Crippen molar-refractivity contribution in [2.24, 2.45) is 4.99 Å². The molecule has 1 aromatic carbocycles. The lowest BCUT2D eigenvalue weighted by atomic mass is 10.0. The molecule has 3 heterocycles. The summed E-state index contributed by atoms with van der Waals surface area (Å²) in [6, 6.07) is 12.8. The van der Waals surface area contributed by atoms with Crippen molar-refractivity contribution in [2.45, 2.75) is 32.2 Å². The lowest BCUT2D eigenvalue weighted by molar-refractivity contribution is 0.414. The van der Waals surface area contributed by atoms with E-state index in [2.05, 4.69) is 62.3 Å². The second-order valence-corrected chi connectivity index (χ2v) is 8.03. The highest BCUT2D eigenvalue weighted by Gasteiger charge is 2.21. The van der Waals surface area contributed by atoms with Crippen LogP contribution in [-0.2, 0) is 6.42 Å². The van der Waals surface area contributed by atoms with E-state index in [-0.39, 0.29) is 0 Å². The molecule has 1 aliphatic rings. The number of guanidine groups is 1. The number of aryl methyl sites for hydroxylation is 1. The predicted octanol–water partition coefficient (Wildman–Crippen LogP) is 3.03. The smallest absolute Gasteiger partial charge is 0.191 e. The lowest BCUT2D eigenvalue weighted by Crippen LogP contribution is -2.51. The van der Waals surface area contributed by atoms with E-state index in [1.54, 1.807) is 7.11 Å². The Morgan fingerprint density at radius 2 is 2.19 bits per heavy atom. The normalized spacial score (nSPS) is 17.1. The maximum absolute atomic E-state index is 5.38. The second-order valence-electron chi connectivity index (χ2n) is 8.03. The molecule has 7 nitrogen and oxygen atoms in total. The fourth-order valence-electron chi connectivity index (χ4n) is 4.16. The number of imidazole rings is 1. The summed E-state index contributed by atoms with van der Waals surface area (Å²) in [5.74, 6) is 1.74. The van der Waals surface area contributed by atoms with Gasteiger partial charge in [0, 0.05) is 63.3 Å². The van der Waals surface area contributed by atoms with E-state index in [0.717, 1.165) is 61.9 Å². The highest BCUT2D eigenvalue weighted by molar-refractivity contribution is 5.80. The third-order valence-corrected chi connectivity index (χ3v) is 5.81. The number of fused-ring (bicyclic) bond motifs is 1. The number of ether oxygens (including phenoxy) is 1. The van der Waals surface area contributed by atoms with Gasteiger partial charge in [0.25, 0.3) is 0 Å². The first kappa shape index (κ1) is 21.0. The van der Waals surface area contributed by atoms with Crippen molar-refractivity contribution in [2.75, 3.05) is 38.7 Å². The van der Waals surface area contributed by atoms with Crippen LogP contribution in [0.2, 0.25) is 0 Å². The molecule has 2 N–H and O–H groups in total. The molecule has 0 aliphatic carbocycles. The predicted molar refractivity (Wildman–Crippen MR) is 126 cm³/mol. The SMILES string of the molecule is CN=C(NCCc1cn2cccc(C)c2n1)NC1CCCN(c2cccc(OC)c2)C1. The maximum atomic E-state index is 5.38. The van der Waals surface area contributed by atoms with Crippen LogP contribution in [0.25, 0.3) is 5.65 Å². The fourth-order valence-corrected chi connectivity index (χ4v) is 4.16. The van der Waals surface area contributed by atoms with Crippen molar-refractivity contribution in [3.05, 3.63) is 60.0 Å². The summed E-state index contributed by atoms with van der Waals surface area (Å²) in [7, 11) is 3.54. The first-order valence-electron chi connectivity index (χ1n) is 11.0. The van der Waals surface area contributed by atoms with Crippen LogP contribution < -0.4 is 20.3 Å². The molecule has 1 unspecified atom stereocenters. The van der Waals surface area contributed by atoms with Gasteiger partial charge in [-0.3, -0.25) is 4.99 Å². The number of aliphatic imine (C=N–C) groups is 1. The average molecular weight is 421 g/mol. The van der Waals surface area contributed by atoms with Gasteiger partial charge in [0.15, 0.2) is 5.96 Å². The summed E-state index contributed by atoms with van der Waals surface area (Å²) in [5.41, 5.74) is 4.51. The summed E-state index contributed by atoms with van der Waals surface area (Å²) in [5, 5.41) is 7.04. The monoisotopic (exact) mass is 420 g/mol. The van der Waals surface area contributed by atoms with Crippen LogP contribution in [0.1, 0.15) is 24.1 Å². The van der Waals surface area contributed by atoms with Gasteiger partial charge in [-0.05, 0) is 43.5 Å². The van der Waals surface area contributed by atoms with Crippen LogP contribution in [0.4, 0.5) is 5.69 Å². The van der Waals surface area contributed by atoms with Crippen LogP contribution in [0.15, 0.2) is 53.8 Å². The van der Waals surface area contributed by atoms with Crippen molar-refractivity contribution < 1.29 is 4.74 Å². The van der Waals surface area contributed by atoms with E-state index in [1.165, 1.54) is 11.3 Å². The van der Waals surface area contributed by atoms with Gasteiger partial charge >= 0.3 is 0 Å². The summed E-state index contributed by atoms with van der Waals surface area (Å²) in [6.45, 7) is 4.88. The van der Waals surface area contributed by atoms with E-state index >= 15 is 0 Å². The molecule has 1 atom stereocenters. The quantitative estimate of drug-likeness (QED) is 0.474. The summed E-state index contributed by atoms with van der Waals surface area (Å²) in [6.07, 6.45) is 7.28. The Balaban J connectivity index is 1.30. The minimum absolute atomic E-state index is 0.351. The number of pyridine rings is 1. The molecule has 31 heavy (non-hydrogen) atoms. The molecular formula is C24H32N6O. The van der Waals surface area contributed by atoms with Gasteiger partial charge in [0.2, 0.25) is 0 Å². The highest BCUT2D eigenvalue weighted by Crippen LogP contribution is 2.24. The van der Waals surface area contributed by atoms with Gasteiger partial charge in [-0.25, -0.2) is 4.98 Å². The molecule has 1 saturated heterocycles. The van der Waals surface area contributed by atoms with Crippen molar-refractivity contribution in [3.63, 3.8) is 0 Å². The van der Waals surface area contributed by atoms with E-state index in [4.69, 9.17) is 9.72 Å². The Labute approximate surface area is 184 Å². The van der Waals surface area contributed by atoms with Crippen LogP contribution in [0, 0.1) is 6.92 Å². The van der Waals surface area contributed by atoms with Crippen molar-refractivity contribution in [1.82, 2.24) is 20.0 Å². The second kappa shape index (κ2) is 9.73. The Morgan fingerprint density at radius 3 is 3.00 bits per heavy atom. The largest absolute Gasteiger partial charge is 0.497 e. The number of nitrogens with zero attached hydrogens (tertiary/aromatic N) is 4. The van der Waals surface area contributed by atoms with E-state index in [0.29, 0.717) is 6.04 Å². The molecule has 0 amide bonds. The van der Waals surface area contributed by atoms with Crippen LogP contribution in [0.5, 0.6) is 5.75 Å². The highest BCUT2D eigenvalue weighted by atomic mass is 16.5. The zero-order valence-electron chi connectivity index (χ0n) is 18.6. The molecule has 4 rings (SSSR count). The van der Waals surface area contributed by atoms with Gasteiger partial charge in [-0.1, -0.05) is 12.1 Å². The minimum Gasteiger partial charge on any atom is -0.497 e. The minimum atomic E-state index is 0.351. The number of hydrogen-bond acceptors (Lipinski definition) is 4. The Morgan fingerprint density at radius 1 is 1.29 bits per heavy atom. The number of methoxy groups -OCH3 is 1. The number of piperidine rings is 1. The Bertz CT molecular complexity index is 1040. The third kappa shape index (κ3) is 5.10. The molecule has 0 saturated carbocycles. The molecule has 2 aromatic heterocycles.